The Balaban J connectivity index is 1.53. The first-order valence-corrected chi connectivity index (χ1v) is 13.8. The van der Waals surface area contributed by atoms with E-state index in [0.29, 0.717) is 25.4 Å². The molecule has 0 aliphatic carbocycles. The standard InChI is InChI=1S/C35H36N2O3/c1-25(2)22-36-35(38)21-32(27-10-9-13-30(20-27)40-29-11-5-4-6-12-29)33-24-37(34-15-8-7-14-31(33)34)23-26-16-18-28(39-3)19-17-26/h4-20,24-25,32H,21-23H2,1-3H3,(H,36,38)/t32-/m1/s1. The number of aromatic nitrogens is 1. The molecule has 5 rings (SSSR count). The van der Waals surface area contributed by atoms with Crippen molar-refractivity contribution in [1.82, 2.24) is 9.88 Å². The summed E-state index contributed by atoms with van der Waals surface area (Å²) >= 11 is 0. The highest BCUT2D eigenvalue weighted by Gasteiger charge is 2.23. The van der Waals surface area contributed by atoms with E-state index < -0.39 is 0 Å². The highest BCUT2D eigenvalue weighted by atomic mass is 16.5. The minimum atomic E-state index is -0.145. The van der Waals surface area contributed by atoms with Crippen molar-refractivity contribution in [1.29, 1.82) is 0 Å². The van der Waals surface area contributed by atoms with E-state index in [1.165, 1.54) is 5.56 Å². The molecule has 4 aromatic carbocycles. The molecule has 204 valence electrons. The molecule has 5 heteroatoms. The number of amides is 1. The van der Waals surface area contributed by atoms with Crippen molar-refractivity contribution in [2.45, 2.75) is 32.7 Å². The van der Waals surface area contributed by atoms with Crippen molar-refractivity contribution in [3.63, 3.8) is 0 Å². The van der Waals surface area contributed by atoms with Crippen LogP contribution in [0.5, 0.6) is 17.2 Å². The van der Waals surface area contributed by atoms with E-state index in [0.717, 1.165) is 39.3 Å². The van der Waals surface area contributed by atoms with Gasteiger partial charge in [0.1, 0.15) is 17.2 Å². The molecule has 0 bridgehead atoms. The number of hydrogen-bond donors (Lipinski definition) is 1. The summed E-state index contributed by atoms with van der Waals surface area (Å²) in [5, 5.41) is 4.27. The second-order valence-electron chi connectivity index (χ2n) is 10.5. The van der Waals surface area contributed by atoms with Gasteiger partial charge in [-0.2, -0.15) is 0 Å². The van der Waals surface area contributed by atoms with Crippen LogP contribution >= 0.6 is 0 Å². The molecule has 0 unspecified atom stereocenters. The highest BCUT2D eigenvalue weighted by molar-refractivity contribution is 5.87. The molecule has 0 aliphatic rings. The molecule has 1 aromatic heterocycles. The van der Waals surface area contributed by atoms with Crippen molar-refractivity contribution in [2.75, 3.05) is 13.7 Å². The number of nitrogens with one attached hydrogen (secondary N) is 1. The van der Waals surface area contributed by atoms with Gasteiger partial charge in [-0.05, 0) is 65.1 Å². The molecule has 1 heterocycles. The minimum absolute atomic E-state index is 0.0417. The number of hydrogen-bond acceptors (Lipinski definition) is 3. The van der Waals surface area contributed by atoms with Gasteiger partial charge in [0, 0.05) is 42.5 Å². The Labute approximate surface area is 236 Å². The van der Waals surface area contributed by atoms with Gasteiger partial charge >= 0.3 is 0 Å². The van der Waals surface area contributed by atoms with E-state index in [1.807, 2.05) is 54.6 Å². The minimum Gasteiger partial charge on any atom is -0.497 e. The summed E-state index contributed by atoms with van der Waals surface area (Å²) in [6.07, 6.45) is 2.55. The number of ether oxygens (including phenoxy) is 2. The topological polar surface area (TPSA) is 52.5 Å². The van der Waals surface area contributed by atoms with E-state index in [9.17, 15) is 4.79 Å². The van der Waals surface area contributed by atoms with Gasteiger partial charge in [0.25, 0.3) is 0 Å². The fourth-order valence-corrected chi connectivity index (χ4v) is 5.01. The van der Waals surface area contributed by atoms with Crippen LogP contribution in [0.25, 0.3) is 10.9 Å². The number of methoxy groups -OCH3 is 1. The first kappa shape index (κ1) is 27.1. The third-order valence-corrected chi connectivity index (χ3v) is 7.04. The summed E-state index contributed by atoms with van der Waals surface area (Å²) < 4.78 is 13.8. The van der Waals surface area contributed by atoms with Gasteiger partial charge in [0.05, 0.1) is 7.11 Å². The third kappa shape index (κ3) is 6.55. The second-order valence-corrected chi connectivity index (χ2v) is 10.5. The van der Waals surface area contributed by atoms with E-state index >= 15 is 0 Å². The number of carbonyl (C=O) groups is 1. The third-order valence-electron chi connectivity index (χ3n) is 7.04. The van der Waals surface area contributed by atoms with Crippen LogP contribution in [0.3, 0.4) is 0 Å². The first-order valence-electron chi connectivity index (χ1n) is 13.8. The van der Waals surface area contributed by atoms with Gasteiger partial charge in [0.2, 0.25) is 5.91 Å². The van der Waals surface area contributed by atoms with Crippen LogP contribution in [-0.2, 0) is 11.3 Å². The Morgan fingerprint density at radius 2 is 1.55 bits per heavy atom. The quantitative estimate of drug-likeness (QED) is 0.189. The second kappa shape index (κ2) is 12.6. The maximum absolute atomic E-state index is 13.2. The lowest BCUT2D eigenvalue weighted by Gasteiger charge is -2.19. The molecular weight excluding hydrogens is 496 g/mol. The van der Waals surface area contributed by atoms with Crippen LogP contribution in [0.2, 0.25) is 0 Å². The molecule has 0 saturated carbocycles. The van der Waals surface area contributed by atoms with E-state index in [4.69, 9.17) is 9.47 Å². The highest BCUT2D eigenvalue weighted by Crippen LogP contribution is 2.37. The predicted octanol–water partition coefficient (Wildman–Crippen LogP) is 7.78. The lowest BCUT2D eigenvalue weighted by atomic mass is 9.88. The van der Waals surface area contributed by atoms with Crippen LogP contribution in [-0.4, -0.2) is 24.1 Å². The summed E-state index contributed by atoms with van der Waals surface area (Å²) in [6.45, 7) is 5.58. The summed E-state index contributed by atoms with van der Waals surface area (Å²) in [4.78, 5) is 13.2. The zero-order chi connectivity index (χ0) is 27.9. The van der Waals surface area contributed by atoms with Gasteiger partial charge in [-0.1, -0.05) is 74.5 Å². The fraction of sp³-hybridized carbons (Fsp3) is 0.229. The zero-order valence-corrected chi connectivity index (χ0v) is 23.3. The van der Waals surface area contributed by atoms with Gasteiger partial charge < -0.3 is 19.4 Å². The number of benzene rings is 4. The molecule has 40 heavy (non-hydrogen) atoms. The molecule has 0 aliphatic heterocycles. The van der Waals surface area contributed by atoms with Crippen molar-refractivity contribution >= 4 is 16.8 Å². The van der Waals surface area contributed by atoms with Crippen molar-refractivity contribution in [2.24, 2.45) is 5.92 Å². The monoisotopic (exact) mass is 532 g/mol. The summed E-state index contributed by atoms with van der Waals surface area (Å²) in [7, 11) is 1.68. The number of carbonyl (C=O) groups excluding carboxylic acids is 1. The molecule has 5 nitrogen and oxygen atoms in total. The predicted molar refractivity (Wildman–Crippen MR) is 161 cm³/mol. The van der Waals surface area contributed by atoms with Gasteiger partial charge in [-0.25, -0.2) is 0 Å². The molecule has 5 aromatic rings. The summed E-state index contributed by atoms with van der Waals surface area (Å²) in [5.74, 6) is 2.65. The SMILES string of the molecule is COc1ccc(Cn2cc([C@H](CC(=O)NCC(C)C)c3cccc(Oc4ccccc4)c3)c3ccccc32)cc1. The molecule has 1 amide bonds. The van der Waals surface area contributed by atoms with Crippen molar-refractivity contribution in [3.05, 3.63) is 126 Å². The van der Waals surface area contributed by atoms with Gasteiger partial charge in [-0.15, -0.1) is 0 Å². The number of nitrogens with zero attached hydrogens (tertiary/aromatic N) is 1. The Morgan fingerprint density at radius 1 is 0.825 bits per heavy atom. The largest absolute Gasteiger partial charge is 0.497 e. The van der Waals surface area contributed by atoms with E-state index in [2.05, 4.69) is 78.5 Å². The molecule has 0 radical (unpaired) electrons. The van der Waals surface area contributed by atoms with Crippen LogP contribution < -0.4 is 14.8 Å². The van der Waals surface area contributed by atoms with Crippen molar-refractivity contribution < 1.29 is 14.3 Å². The molecule has 1 N–H and O–H groups in total. The summed E-state index contributed by atoms with van der Waals surface area (Å²) in [5.41, 5.74) is 4.48. The average molecular weight is 533 g/mol. The van der Waals surface area contributed by atoms with E-state index in [1.54, 1.807) is 7.11 Å². The van der Waals surface area contributed by atoms with Crippen LogP contribution in [0.15, 0.2) is 109 Å². The molecular formula is C35H36N2O3. The number of rotatable bonds is 11. The lowest BCUT2D eigenvalue weighted by Crippen LogP contribution is -2.28. The van der Waals surface area contributed by atoms with Gasteiger partial charge in [-0.3, -0.25) is 4.79 Å². The van der Waals surface area contributed by atoms with Crippen molar-refractivity contribution in [3.8, 4) is 17.2 Å². The summed E-state index contributed by atoms with van der Waals surface area (Å²) in [6, 6.07) is 34.5. The van der Waals surface area contributed by atoms with E-state index in [-0.39, 0.29) is 11.8 Å². The average Bonchev–Trinajstić information content (AvgIpc) is 3.34. The Morgan fingerprint density at radius 3 is 2.30 bits per heavy atom. The number of fused-ring (bicyclic) bond motifs is 1. The molecule has 1 atom stereocenters. The maximum atomic E-state index is 13.2. The first-order chi connectivity index (χ1) is 19.5. The fourth-order valence-electron chi connectivity index (χ4n) is 5.01. The Hall–Kier alpha value is -4.51. The Kier molecular flexibility index (Phi) is 8.50. The van der Waals surface area contributed by atoms with Crippen LogP contribution in [0, 0.1) is 5.92 Å². The lowest BCUT2D eigenvalue weighted by molar-refractivity contribution is -0.121. The number of para-hydroxylation sites is 2. The smallest absolute Gasteiger partial charge is 0.220 e. The molecule has 0 spiro atoms. The Bertz CT molecular complexity index is 1560. The maximum Gasteiger partial charge on any atom is 0.220 e. The van der Waals surface area contributed by atoms with Crippen LogP contribution in [0.4, 0.5) is 0 Å². The zero-order valence-electron chi connectivity index (χ0n) is 23.3. The molecule has 0 saturated heterocycles. The van der Waals surface area contributed by atoms with Gasteiger partial charge in [0.15, 0.2) is 0 Å². The van der Waals surface area contributed by atoms with Crippen LogP contribution in [0.1, 0.15) is 42.9 Å². The molecule has 0 fully saturated rings. The normalized spacial score (nSPS) is 11.9.